The van der Waals surface area contributed by atoms with Crippen molar-refractivity contribution in [3.63, 3.8) is 0 Å². The zero-order valence-corrected chi connectivity index (χ0v) is 17.6. The minimum atomic E-state index is -0.342. The molecule has 0 aromatic heterocycles. The Labute approximate surface area is 177 Å². The predicted molar refractivity (Wildman–Crippen MR) is 120 cm³/mol. The number of benzene rings is 3. The summed E-state index contributed by atoms with van der Waals surface area (Å²) in [4.78, 5) is 15.3. The molecule has 5 heteroatoms. The van der Waals surface area contributed by atoms with Gasteiger partial charge in [-0.05, 0) is 35.4 Å². The molecule has 0 bridgehead atoms. The van der Waals surface area contributed by atoms with Crippen molar-refractivity contribution in [2.75, 3.05) is 32.2 Å². The summed E-state index contributed by atoms with van der Waals surface area (Å²) in [5.41, 5.74) is 2.51. The number of nitrogens with zero attached hydrogens (tertiary/aromatic N) is 1. The van der Waals surface area contributed by atoms with Crippen LogP contribution in [0, 0.1) is 0 Å². The zero-order chi connectivity index (χ0) is 20.9. The van der Waals surface area contributed by atoms with Crippen molar-refractivity contribution < 1.29 is 14.3 Å². The normalized spacial score (nSPS) is 15.7. The molecular formula is C25H28N2O3. The fraction of sp³-hybridized carbons (Fsp3) is 0.320. The highest BCUT2D eigenvalue weighted by Crippen LogP contribution is 2.40. The van der Waals surface area contributed by atoms with E-state index in [2.05, 4.69) is 30.4 Å². The molecule has 1 aliphatic heterocycles. The Bertz CT molecular complexity index is 1030. The van der Waals surface area contributed by atoms with E-state index >= 15 is 0 Å². The lowest BCUT2D eigenvalue weighted by Crippen LogP contribution is -2.44. The van der Waals surface area contributed by atoms with Gasteiger partial charge in [0, 0.05) is 24.9 Å². The number of anilines is 1. The lowest BCUT2D eigenvalue weighted by molar-refractivity contribution is 0.0608. The molecule has 1 N–H and O–H groups in total. The van der Waals surface area contributed by atoms with Crippen LogP contribution in [0.1, 0.15) is 41.9 Å². The molecule has 0 saturated heterocycles. The van der Waals surface area contributed by atoms with Gasteiger partial charge in [-0.2, -0.15) is 0 Å². The van der Waals surface area contributed by atoms with Crippen LogP contribution in [0.15, 0.2) is 60.7 Å². The van der Waals surface area contributed by atoms with Crippen molar-refractivity contribution in [3.05, 3.63) is 71.8 Å². The van der Waals surface area contributed by atoms with Gasteiger partial charge in [0.1, 0.15) is 11.9 Å². The van der Waals surface area contributed by atoms with Crippen LogP contribution in [0.25, 0.3) is 10.8 Å². The van der Waals surface area contributed by atoms with Crippen LogP contribution in [-0.4, -0.2) is 37.7 Å². The molecule has 156 valence electrons. The van der Waals surface area contributed by atoms with E-state index in [1.165, 1.54) is 0 Å². The van der Waals surface area contributed by atoms with E-state index in [-0.39, 0.29) is 12.1 Å². The lowest BCUT2D eigenvalue weighted by Gasteiger charge is -2.39. The van der Waals surface area contributed by atoms with Gasteiger partial charge >= 0.3 is 0 Å². The van der Waals surface area contributed by atoms with Crippen LogP contribution in [0.5, 0.6) is 5.75 Å². The lowest BCUT2D eigenvalue weighted by atomic mass is 9.97. The van der Waals surface area contributed by atoms with Crippen LogP contribution in [0.2, 0.25) is 0 Å². The van der Waals surface area contributed by atoms with E-state index in [0.29, 0.717) is 25.3 Å². The van der Waals surface area contributed by atoms with Crippen LogP contribution in [0.3, 0.4) is 0 Å². The Morgan fingerprint density at radius 3 is 2.63 bits per heavy atom. The maximum atomic E-state index is 13.4. The Morgan fingerprint density at radius 1 is 1.00 bits per heavy atom. The van der Waals surface area contributed by atoms with E-state index in [4.69, 9.17) is 9.47 Å². The Morgan fingerprint density at radius 2 is 1.80 bits per heavy atom. The third-order valence-electron chi connectivity index (χ3n) is 5.52. The number of carbonyl (C=O) groups excluding carboxylic acids is 1. The second-order valence-electron chi connectivity index (χ2n) is 7.48. The summed E-state index contributed by atoms with van der Waals surface area (Å²) < 4.78 is 11.5. The van der Waals surface area contributed by atoms with Gasteiger partial charge in [-0.25, -0.2) is 0 Å². The smallest absolute Gasteiger partial charge is 0.257 e. The molecule has 4 rings (SSSR count). The van der Waals surface area contributed by atoms with Crippen molar-refractivity contribution in [3.8, 4) is 5.75 Å². The maximum absolute atomic E-state index is 13.4. The molecule has 5 nitrogen and oxygen atoms in total. The molecule has 30 heavy (non-hydrogen) atoms. The van der Waals surface area contributed by atoms with Crippen LogP contribution < -0.4 is 10.1 Å². The summed E-state index contributed by atoms with van der Waals surface area (Å²) in [5.74, 6) is 0.813. The first-order chi connectivity index (χ1) is 14.7. The number of methoxy groups -OCH3 is 1. The van der Waals surface area contributed by atoms with Crippen molar-refractivity contribution >= 4 is 22.4 Å². The standard InChI is InChI=1S/C25H28N2O3/c1-3-4-16-30-22-14-13-18-9-5-6-10-19(18)23(22)24-26-21-12-8-7-11-20(21)25(28)27(24)15-17-29-2/h5-14,24,26H,3-4,15-17H2,1-2H3. The first-order valence-electron chi connectivity index (χ1n) is 10.5. The van der Waals surface area contributed by atoms with E-state index < -0.39 is 0 Å². The molecule has 0 saturated carbocycles. The highest BCUT2D eigenvalue weighted by molar-refractivity contribution is 6.02. The van der Waals surface area contributed by atoms with E-state index in [0.717, 1.165) is 40.6 Å². The third-order valence-corrected chi connectivity index (χ3v) is 5.52. The molecule has 0 radical (unpaired) electrons. The molecule has 1 unspecified atom stereocenters. The number of para-hydroxylation sites is 1. The van der Waals surface area contributed by atoms with Gasteiger partial charge in [-0.3, -0.25) is 4.79 Å². The second kappa shape index (κ2) is 9.18. The Hall–Kier alpha value is -3.05. The molecule has 1 amide bonds. The fourth-order valence-corrected chi connectivity index (χ4v) is 3.95. The molecule has 1 heterocycles. The number of nitrogens with one attached hydrogen (secondary N) is 1. The molecule has 3 aromatic carbocycles. The monoisotopic (exact) mass is 404 g/mol. The minimum absolute atomic E-state index is 0.00107. The van der Waals surface area contributed by atoms with E-state index in [1.54, 1.807) is 7.11 Å². The number of ether oxygens (including phenoxy) is 2. The SMILES string of the molecule is CCCCOc1ccc2ccccc2c1C1Nc2ccccc2C(=O)N1CCOC. The third kappa shape index (κ3) is 3.85. The largest absolute Gasteiger partial charge is 0.493 e. The predicted octanol–water partition coefficient (Wildman–Crippen LogP) is 5.23. The molecule has 1 aliphatic rings. The highest BCUT2D eigenvalue weighted by atomic mass is 16.5. The number of fused-ring (bicyclic) bond motifs is 2. The quantitative estimate of drug-likeness (QED) is 0.522. The number of unbranched alkanes of at least 4 members (excludes halogenated alkanes) is 1. The van der Waals surface area contributed by atoms with Gasteiger partial charge < -0.3 is 19.7 Å². The Balaban J connectivity index is 1.85. The van der Waals surface area contributed by atoms with Crippen LogP contribution in [0.4, 0.5) is 5.69 Å². The molecule has 0 aliphatic carbocycles. The number of rotatable bonds is 8. The van der Waals surface area contributed by atoms with Gasteiger partial charge in [0.05, 0.1) is 18.8 Å². The maximum Gasteiger partial charge on any atom is 0.257 e. The van der Waals surface area contributed by atoms with Crippen LogP contribution in [-0.2, 0) is 4.74 Å². The van der Waals surface area contributed by atoms with Gasteiger partial charge in [0.25, 0.3) is 5.91 Å². The summed E-state index contributed by atoms with van der Waals surface area (Å²) >= 11 is 0. The first kappa shape index (κ1) is 20.2. The summed E-state index contributed by atoms with van der Waals surface area (Å²) in [5, 5.41) is 5.80. The van der Waals surface area contributed by atoms with Gasteiger partial charge in [0.15, 0.2) is 0 Å². The second-order valence-corrected chi connectivity index (χ2v) is 7.48. The van der Waals surface area contributed by atoms with Crippen molar-refractivity contribution in [1.82, 2.24) is 4.90 Å². The number of hydrogen-bond donors (Lipinski definition) is 1. The van der Waals surface area contributed by atoms with Gasteiger partial charge in [-0.15, -0.1) is 0 Å². The number of amides is 1. The Kier molecular flexibility index (Phi) is 6.19. The minimum Gasteiger partial charge on any atom is -0.493 e. The highest BCUT2D eigenvalue weighted by Gasteiger charge is 2.35. The molecule has 1 atom stereocenters. The average molecular weight is 405 g/mol. The zero-order valence-electron chi connectivity index (χ0n) is 17.6. The van der Waals surface area contributed by atoms with E-state index in [9.17, 15) is 4.79 Å². The van der Waals surface area contributed by atoms with E-state index in [1.807, 2.05) is 47.4 Å². The summed E-state index contributed by atoms with van der Waals surface area (Å²) in [6, 6.07) is 20.0. The van der Waals surface area contributed by atoms with Gasteiger partial charge in [0.2, 0.25) is 0 Å². The van der Waals surface area contributed by atoms with Crippen LogP contribution >= 0.6 is 0 Å². The molecule has 0 fully saturated rings. The molecule has 0 spiro atoms. The van der Waals surface area contributed by atoms with Gasteiger partial charge in [-0.1, -0.05) is 55.8 Å². The first-order valence-corrected chi connectivity index (χ1v) is 10.5. The number of carbonyl (C=O) groups is 1. The molecule has 3 aromatic rings. The van der Waals surface area contributed by atoms with Crippen molar-refractivity contribution in [1.29, 1.82) is 0 Å². The summed E-state index contributed by atoms with van der Waals surface area (Å²) in [7, 11) is 1.65. The fourth-order valence-electron chi connectivity index (χ4n) is 3.95. The van der Waals surface area contributed by atoms with Crippen molar-refractivity contribution in [2.45, 2.75) is 25.9 Å². The average Bonchev–Trinajstić information content (AvgIpc) is 2.78. The number of hydrogen-bond acceptors (Lipinski definition) is 4. The molecular weight excluding hydrogens is 376 g/mol. The topological polar surface area (TPSA) is 50.8 Å². The summed E-state index contributed by atoms with van der Waals surface area (Å²) in [6.45, 7) is 3.74. The summed E-state index contributed by atoms with van der Waals surface area (Å²) in [6.07, 6.45) is 1.71. The van der Waals surface area contributed by atoms with Crippen molar-refractivity contribution in [2.24, 2.45) is 0 Å².